The number of likely N-dealkylation sites (tertiary alicyclic amines) is 1. The van der Waals surface area contributed by atoms with Gasteiger partial charge in [-0.1, -0.05) is 17.7 Å². The molecule has 0 radical (unpaired) electrons. The summed E-state index contributed by atoms with van der Waals surface area (Å²) in [7, 11) is 2.14. The van der Waals surface area contributed by atoms with Crippen molar-refractivity contribution in [1.82, 2.24) is 10.4 Å². The van der Waals surface area contributed by atoms with Crippen molar-refractivity contribution in [2.24, 2.45) is 10.9 Å². The number of hydrogen-bond donors (Lipinski definition) is 2. The molecule has 19 heavy (non-hydrogen) atoms. The minimum absolute atomic E-state index is 0.578. The number of amidine groups is 1. The fourth-order valence-electron chi connectivity index (χ4n) is 2.36. The summed E-state index contributed by atoms with van der Waals surface area (Å²) < 4.78 is 0. The maximum atomic E-state index is 9.22. The molecule has 1 fully saturated rings. The van der Waals surface area contributed by atoms with E-state index in [0.717, 1.165) is 38.0 Å². The predicted octanol–water partition coefficient (Wildman–Crippen LogP) is 3.08. The first-order chi connectivity index (χ1) is 9.17. The third-order valence-electron chi connectivity index (χ3n) is 3.52. The smallest absolute Gasteiger partial charge is 0.126 e. The van der Waals surface area contributed by atoms with E-state index >= 15 is 0 Å². The van der Waals surface area contributed by atoms with Crippen LogP contribution in [0.2, 0.25) is 5.02 Å². The quantitative estimate of drug-likeness (QED) is 0.508. The summed E-state index contributed by atoms with van der Waals surface area (Å²) in [6, 6.07) is 7.32. The van der Waals surface area contributed by atoms with Crippen LogP contribution in [0.25, 0.3) is 0 Å². The Morgan fingerprint density at radius 1 is 1.47 bits per heavy atom. The van der Waals surface area contributed by atoms with Gasteiger partial charge in [0.25, 0.3) is 0 Å². The maximum Gasteiger partial charge on any atom is 0.126 e. The van der Waals surface area contributed by atoms with Crippen LogP contribution in [0.1, 0.15) is 19.3 Å². The van der Waals surface area contributed by atoms with E-state index in [1.54, 1.807) is 6.07 Å². The van der Waals surface area contributed by atoms with Gasteiger partial charge in [-0.3, -0.25) is 10.7 Å². The van der Waals surface area contributed by atoms with Gasteiger partial charge < -0.3 is 4.90 Å². The number of hydroxylamine groups is 1. The van der Waals surface area contributed by atoms with Crippen LogP contribution in [0.4, 0.5) is 5.69 Å². The van der Waals surface area contributed by atoms with Gasteiger partial charge >= 0.3 is 0 Å². The molecule has 0 aliphatic carbocycles. The average molecular weight is 282 g/mol. The van der Waals surface area contributed by atoms with E-state index in [-0.39, 0.29) is 0 Å². The summed E-state index contributed by atoms with van der Waals surface area (Å²) >= 11 is 5.92. The Hall–Kier alpha value is -1.10. The van der Waals surface area contributed by atoms with E-state index < -0.39 is 0 Å². The Labute approximate surface area is 119 Å². The molecular formula is C14H20ClN3O. The van der Waals surface area contributed by atoms with E-state index in [9.17, 15) is 5.21 Å². The van der Waals surface area contributed by atoms with E-state index in [0.29, 0.717) is 16.8 Å². The molecule has 0 bridgehead atoms. The Kier molecular flexibility index (Phi) is 5.19. The van der Waals surface area contributed by atoms with Crippen LogP contribution in [-0.4, -0.2) is 36.1 Å². The van der Waals surface area contributed by atoms with Crippen molar-refractivity contribution >= 4 is 23.1 Å². The monoisotopic (exact) mass is 281 g/mol. The highest BCUT2D eigenvalue weighted by atomic mass is 35.5. The Morgan fingerprint density at radius 2 is 2.21 bits per heavy atom. The molecule has 5 heteroatoms. The largest absolute Gasteiger partial charge is 0.306 e. The normalized spacial score (nSPS) is 18.6. The standard InChI is InChI=1S/C14H20ClN3O/c1-18-7-5-11(6-8-18)9-14(17-19)16-13-4-2-3-12(15)10-13/h2-4,10-11,19H,5-9H2,1H3,(H,16,17). The van der Waals surface area contributed by atoms with Crippen LogP contribution in [0.5, 0.6) is 0 Å². The number of rotatable bonds is 3. The van der Waals surface area contributed by atoms with Crippen molar-refractivity contribution in [2.75, 3.05) is 20.1 Å². The number of halogens is 1. The van der Waals surface area contributed by atoms with Gasteiger partial charge in [0, 0.05) is 11.4 Å². The van der Waals surface area contributed by atoms with Crippen molar-refractivity contribution in [3.05, 3.63) is 29.3 Å². The highest BCUT2D eigenvalue weighted by molar-refractivity contribution is 6.30. The van der Waals surface area contributed by atoms with Crippen LogP contribution in [0, 0.1) is 5.92 Å². The zero-order chi connectivity index (χ0) is 13.7. The summed E-state index contributed by atoms with van der Waals surface area (Å²) in [6.45, 7) is 2.22. The molecule has 104 valence electrons. The van der Waals surface area contributed by atoms with Gasteiger partial charge in [-0.15, -0.1) is 0 Å². The lowest BCUT2D eigenvalue weighted by molar-refractivity contribution is 0.208. The van der Waals surface area contributed by atoms with Crippen molar-refractivity contribution in [1.29, 1.82) is 0 Å². The highest BCUT2D eigenvalue weighted by Gasteiger charge is 2.18. The Bertz CT molecular complexity index is 442. The third kappa shape index (κ3) is 4.49. The topological polar surface area (TPSA) is 47.9 Å². The van der Waals surface area contributed by atoms with Crippen LogP contribution in [0.15, 0.2) is 29.3 Å². The third-order valence-corrected chi connectivity index (χ3v) is 3.76. The molecule has 0 spiro atoms. The number of aliphatic imine (C=N–C) groups is 1. The molecule has 0 aromatic heterocycles. The SMILES string of the molecule is CN1CCC(CC(=Nc2cccc(Cl)c2)NO)CC1. The number of benzene rings is 1. The van der Waals surface area contributed by atoms with Gasteiger partial charge in [0.1, 0.15) is 5.84 Å². The van der Waals surface area contributed by atoms with Crippen molar-refractivity contribution in [2.45, 2.75) is 19.3 Å². The fourth-order valence-corrected chi connectivity index (χ4v) is 2.54. The van der Waals surface area contributed by atoms with Gasteiger partial charge in [0.15, 0.2) is 0 Å². The van der Waals surface area contributed by atoms with Crippen molar-refractivity contribution < 1.29 is 5.21 Å². The van der Waals surface area contributed by atoms with Crippen LogP contribution in [-0.2, 0) is 0 Å². The molecule has 2 N–H and O–H groups in total. The summed E-state index contributed by atoms with van der Waals surface area (Å²) in [5.41, 5.74) is 2.98. The summed E-state index contributed by atoms with van der Waals surface area (Å²) in [6.07, 6.45) is 3.07. The fraction of sp³-hybridized carbons (Fsp3) is 0.500. The Morgan fingerprint density at radius 3 is 2.84 bits per heavy atom. The number of piperidine rings is 1. The molecule has 4 nitrogen and oxygen atoms in total. The maximum absolute atomic E-state index is 9.22. The molecule has 2 rings (SSSR count). The molecule has 0 atom stereocenters. The Balaban J connectivity index is 1.99. The second kappa shape index (κ2) is 6.89. The van der Waals surface area contributed by atoms with Gasteiger partial charge in [-0.25, -0.2) is 4.99 Å². The van der Waals surface area contributed by atoms with E-state index in [2.05, 4.69) is 22.4 Å². The minimum Gasteiger partial charge on any atom is -0.306 e. The lowest BCUT2D eigenvalue weighted by Gasteiger charge is -2.28. The minimum atomic E-state index is 0.578. The molecule has 0 amide bonds. The number of nitrogens with one attached hydrogen (secondary N) is 1. The zero-order valence-electron chi connectivity index (χ0n) is 11.1. The first-order valence-corrected chi connectivity index (χ1v) is 6.97. The van der Waals surface area contributed by atoms with E-state index in [1.165, 1.54) is 0 Å². The predicted molar refractivity (Wildman–Crippen MR) is 78.3 cm³/mol. The second-order valence-corrected chi connectivity index (χ2v) is 5.54. The first-order valence-electron chi connectivity index (χ1n) is 6.59. The molecule has 1 aromatic carbocycles. The molecule has 1 aliphatic rings. The lowest BCUT2D eigenvalue weighted by Crippen LogP contribution is -2.32. The molecular weight excluding hydrogens is 262 g/mol. The number of hydrogen-bond acceptors (Lipinski definition) is 3. The molecule has 1 heterocycles. The second-order valence-electron chi connectivity index (χ2n) is 5.10. The van der Waals surface area contributed by atoms with Gasteiger partial charge in [-0.2, -0.15) is 0 Å². The van der Waals surface area contributed by atoms with Crippen LogP contribution < -0.4 is 5.48 Å². The molecule has 1 aliphatic heterocycles. The summed E-state index contributed by atoms with van der Waals surface area (Å²) in [5.74, 6) is 1.19. The first kappa shape index (κ1) is 14.3. The lowest BCUT2D eigenvalue weighted by atomic mass is 9.93. The zero-order valence-corrected chi connectivity index (χ0v) is 11.9. The van der Waals surface area contributed by atoms with E-state index in [4.69, 9.17) is 11.6 Å². The molecule has 1 saturated heterocycles. The summed E-state index contributed by atoms with van der Waals surface area (Å²) in [4.78, 5) is 6.74. The average Bonchev–Trinajstić information content (AvgIpc) is 2.40. The molecule has 0 saturated carbocycles. The van der Waals surface area contributed by atoms with Gasteiger partial charge in [0.05, 0.1) is 5.69 Å². The van der Waals surface area contributed by atoms with E-state index in [1.807, 2.05) is 18.2 Å². The van der Waals surface area contributed by atoms with Crippen molar-refractivity contribution in [3.8, 4) is 0 Å². The van der Waals surface area contributed by atoms with Gasteiger partial charge in [-0.05, 0) is 57.1 Å². The number of nitrogens with zero attached hydrogens (tertiary/aromatic N) is 2. The van der Waals surface area contributed by atoms with Crippen LogP contribution >= 0.6 is 11.6 Å². The molecule has 1 aromatic rings. The van der Waals surface area contributed by atoms with Gasteiger partial charge in [0.2, 0.25) is 0 Å². The van der Waals surface area contributed by atoms with Crippen molar-refractivity contribution in [3.63, 3.8) is 0 Å². The van der Waals surface area contributed by atoms with Crippen LogP contribution in [0.3, 0.4) is 0 Å². The summed E-state index contributed by atoms with van der Waals surface area (Å²) in [5, 5.41) is 9.87. The highest BCUT2D eigenvalue weighted by Crippen LogP contribution is 2.22. The molecule has 0 unspecified atom stereocenters.